The number of phenolic OH excluding ortho intramolecular Hbond substituents is 1. The highest BCUT2D eigenvalue weighted by atomic mass is 35.5. The molecule has 3 heterocycles. The summed E-state index contributed by atoms with van der Waals surface area (Å²) in [4.78, 5) is 59.8. The molecule has 2 saturated heterocycles. The molecule has 3 fully saturated rings. The minimum absolute atomic E-state index is 0.0545. The van der Waals surface area contributed by atoms with Crippen molar-refractivity contribution in [2.75, 3.05) is 16.9 Å². The maximum Gasteiger partial charge on any atom is 0.258 e. The number of imide groups is 2. The molecule has 2 aliphatic carbocycles. The van der Waals surface area contributed by atoms with Crippen LogP contribution in [0.15, 0.2) is 107 Å². The van der Waals surface area contributed by atoms with Gasteiger partial charge in [0.2, 0.25) is 17.7 Å². The lowest BCUT2D eigenvalue weighted by Crippen LogP contribution is -2.60. The van der Waals surface area contributed by atoms with Crippen molar-refractivity contribution in [1.29, 1.82) is 0 Å². The van der Waals surface area contributed by atoms with Crippen LogP contribution in [0.2, 0.25) is 0 Å². The number of methoxy groups -OCH3 is 1. The Morgan fingerprint density at radius 3 is 2.26 bits per heavy atom. The number of aromatic nitrogens is 1. The smallest absolute Gasteiger partial charge is 0.258 e. The van der Waals surface area contributed by atoms with Gasteiger partial charge in [0, 0.05) is 17.0 Å². The van der Waals surface area contributed by atoms with Crippen LogP contribution in [0, 0.1) is 23.6 Å². The zero-order valence-electron chi connectivity index (χ0n) is 27.8. The first-order valence-electron chi connectivity index (χ1n) is 16.9. The highest BCUT2D eigenvalue weighted by molar-refractivity contribution is 6.58. The quantitative estimate of drug-likeness (QED) is 0.114. The molecule has 1 saturated carbocycles. The largest absolute Gasteiger partial charge is 0.504 e. The van der Waals surface area contributed by atoms with Crippen LogP contribution in [-0.2, 0) is 19.2 Å². The zero-order valence-corrected chi connectivity index (χ0v) is 29.3. The van der Waals surface area contributed by atoms with Crippen molar-refractivity contribution in [3.8, 4) is 23.0 Å². The van der Waals surface area contributed by atoms with E-state index in [1.807, 2.05) is 24.3 Å². The number of phenols is 1. The number of anilines is 2. The summed E-state index contributed by atoms with van der Waals surface area (Å²) in [6.07, 6.45) is 1.64. The van der Waals surface area contributed by atoms with Gasteiger partial charge in [-0.15, -0.1) is 23.2 Å². The van der Waals surface area contributed by atoms with Gasteiger partial charge in [-0.2, -0.15) is 0 Å². The number of fused-ring (bicyclic) bond motifs is 5. The van der Waals surface area contributed by atoms with E-state index in [-0.39, 0.29) is 35.6 Å². The average Bonchev–Trinajstić information content (AvgIpc) is 3.75. The maximum absolute atomic E-state index is 14.6. The topological polar surface area (TPSA) is 130 Å². The van der Waals surface area contributed by atoms with Crippen molar-refractivity contribution in [2.24, 2.45) is 17.8 Å². The summed E-state index contributed by atoms with van der Waals surface area (Å²) < 4.78 is 25.2. The Morgan fingerprint density at radius 1 is 0.849 bits per heavy atom. The molecule has 0 radical (unpaired) electrons. The van der Waals surface area contributed by atoms with Crippen molar-refractivity contribution in [1.82, 2.24) is 4.98 Å². The van der Waals surface area contributed by atoms with Gasteiger partial charge in [-0.1, -0.05) is 35.9 Å². The Bertz CT molecular complexity index is 2400. The van der Waals surface area contributed by atoms with Gasteiger partial charge in [0.25, 0.3) is 11.8 Å². The van der Waals surface area contributed by atoms with Gasteiger partial charge in [0.1, 0.15) is 11.3 Å². The number of carbonyl (C=O) groups excluding carboxylic acids is 4. The molecule has 6 atom stereocenters. The molecule has 1 N–H and O–H groups in total. The molecular formula is C40H28Cl2FN3O7. The summed E-state index contributed by atoms with van der Waals surface area (Å²) in [5.74, 6) is -6.89. The second kappa shape index (κ2) is 11.7. The number of carbonyl (C=O) groups is 4. The summed E-state index contributed by atoms with van der Waals surface area (Å²) in [5, 5.41) is 11.5. The minimum atomic E-state index is -2.20. The van der Waals surface area contributed by atoms with Gasteiger partial charge in [0.05, 0.1) is 30.3 Å². The third kappa shape index (κ3) is 4.53. The van der Waals surface area contributed by atoms with E-state index in [0.29, 0.717) is 33.8 Å². The Morgan fingerprint density at radius 2 is 1.55 bits per heavy atom. The van der Waals surface area contributed by atoms with E-state index in [9.17, 15) is 28.7 Å². The predicted octanol–water partition coefficient (Wildman–Crippen LogP) is 7.12. The predicted molar refractivity (Wildman–Crippen MR) is 193 cm³/mol. The number of halogens is 3. The van der Waals surface area contributed by atoms with Crippen LogP contribution >= 0.6 is 23.2 Å². The molecule has 1 aromatic heterocycles. The number of alkyl halides is 2. The number of hydrogen-bond acceptors (Lipinski definition) is 8. The molecule has 5 aromatic rings. The van der Waals surface area contributed by atoms with Gasteiger partial charge in [-0.25, -0.2) is 14.3 Å². The summed E-state index contributed by atoms with van der Waals surface area (Å²) in [7, 11) is 1.37. The number of benzene rings is 4. The molecule has 9 rings (SSSR count). The molecule has 4 aliphatic rings. The number of nitrogens with zero attached hydrogens (tertiary/aromatic N) is 3. The SMILES string of the molecule is COc1cccc([C@H]2C3=CC[C@@H]4C(=O)N(c5ccc(-c6nc7ccccc7o6)cc5)C(=O)[C@@H]4[C@@H]3C[C@@]3(Cl)C(=O)N(c4ccc(F)cc4)C(=O)[C@@]23Cl)c1O. The molecule has 266 valence electrons. The lowest BCUT2D eigenvalue weighted by molar-refractivity contribution is -0.125. The van der Waals surface area contributed by atoms with E-state index in [4.69, 9.17) is 32.4 Å². The van der Waals surface area contributed by atoms with Crippen molar-refractivity contribution in [2.45, 2.75) is 28.5 Å². The van der Waals surface area contributed by atoms with Crippen LogP contribution in [0.1, 0.15) is 24.3 Å². The summed E-state index contributed by atoms with van der Waals surface area (Å²) >= 11 is 14.8. The van der Waals surface area contributed by atoms with E-state index >= 15 is 0 Å². The second-order valence-corrected chi connectivity index (χ2v) is 14.9. The Labute approximate surface area is 311 Å². The Kier molecular flexibility index (Phi) is 7.38. The van der Waals surface area contributed by atoms with Gasteiger partial charge in [0.15, 0.2) is 26.8 Å². The fourth-order valence-corrected chi connectivity index (χ4v) is 9.61. The fraction of sp³-hybridized carbons (Fsp3) is 0.225. The van der Waals surface area contributed by atoms with E-state index < -0.39 is 62.9 Å². The van der Waals surface area contributed by atoms with Crippen LogP contribution in [0.4, 0.5) is 15.8 Å². The average molecular weight is 753 g/mol. The standard InChI is InChI=1S/C40H28Cl2FN3O7/c1-52-30-8-4-5-26(33(30)47)32-24-17-18-25-31(27(24)19-39(41)37(50)46(38(51)40(32,39)42)23-15-11-21(43)12-16-23)36(49)45(35(25)48)22-13-9-20(10-14-22)34-44-28-6-2-3-7-29(28)53-34/h2-17,25,27,31-32,47H,18-19H2,1H3/t25-,27+,31-,32+,39+,40-/m0/s1. The lowest BCUT2D eigenvalue weighted by Gasteiger charge is -2.50. The lowest BCUT2D eigenvalue weighted by atomic mass is 9.56. The van der Waals surface area contributed by atoms with Crippen LogP contribution in [0.25, 0.3) is 22.6 Å². The van der Waals surface area contributed by atoms with Crippen LogP contribution in [0.5, 0.6) is 11.5 Å². The number of amides is 4. The Hall–Kier alpha value is -5.52. The number of hydrogen-bond donors (Lipinski definition) is 1. The minimum Gasteiger partial charge on any atom is -0.504 e. The summed E-state index contributed by atoms with van der Waals surface area (Å²) in [6.45, 7) is 0. The molecule has 4 amide bonds. The molecular weight excluding hydrogens is 724 g/mol. The van der Waals surface area contributed by atoms with E-state index in [1.54, 1.807) is 42.5 Å². The zero-order chi connectivity index (χ0) is 37.0. The molecule has 10 nitrogen and oxygen atoms in total. The number of para-hydroxylation sites is 3. The van der Waals surface area contributed by atoms with Crippen LogP contribution < -0.4 is 14.5 Å². The van der Waals surface area contributed by atoms with Crippen molar-refractivity contribution in [3.05, 3.63) is 114 Å². The monoisotopic (exact) mass is 751 g/mol. The number of allylic oxidation sites excluding steroid dienone is 2. The first-order valence-corrected chi connectivity index (χ1v) is 17.7. The van der Waals surface area contributed by atoms with Crippen LogP contribution in [-0.4, -0.2) is 50.6 Å². The van der Waals surface area contributed by atoms with Gasteiger partial charge in [-0.05, 0) is 85.5 Å². The van der Waals surface area contributed by atoms with Crippen molar-refractivity contribution in [3.63, 3.8) is 0 Å². The van der Waals surface area contributed by atoms with E-state index in [2.05, 4.69) is 4.98 Å². The third-order valence-corrected chi connectivity index (χ3v) is 12.5. The van der Waals surface area contributed by atoms with Gasteiger partial charge < -0.3 is 14.3 Å². The second-order valence-electron chi connectivity index (χ2n) is 13.7. The third-order valence-electron chi connectivity index (χ3n) is 11.1. The number of oxazole rings is 1. The maximum atomic E-state index is 14.6. The Balaban J connectivity index is 1.13. The highest BCUT2D eigenvalue weighted by Gasteiger charge is 2.77. The van der Waals surface area contributed by atoms with Crippen molar-refractivity contribution < 1.29 is 37.8 Å². The van der Waals surface area contributed by atoms with E-state index in [0.717, 1.165) is 21.9 Å². The first kappa shape index (κ1) is 33.3. The molecule has 13 heteroatoms. The van der Waals surface area contributed by atoms with Crippen molar-refractivity contribution >= 4 is 69.3 Å². The summed E-state index contributed by atoms with van der Waals surface area (Å²) in [6, 6.07) is 23.5. The summed E-state index contributed by atoms with van der Waals surface area (Å²) in [5.41, 5.74) is 3.02. The molecule has 2 aliphatic heterocycles. The number of rotatable bonds is 5. The molecule has 53 heavy (non-hydrogen) atoms. The van der Waals surface area contributed by atoms with Crippen LogP contribution in [0.3, 0.4) is 0 Å². The normalized spacial score (nSPS) is 27.9. The van der Waals surface area contributed by atoms with Gasteiger partial charge in [-0.3, -0.25) is 24.1 Å². The highest BCUT2D eigenvalue weighted by Crippen LogP contribution is 2.67. The van der Waals surface area contributed by atoms with Gasteiger partial charge >= 0.3 is 0 Å². The number of ether oxygens (including phenoxy) is 1. The number of aromatic hydroxyl groups is 1. The van der Waals surface area contributed by atoms with E-state index in [1.165, 1.54) is 25.3 Å². The molecule has 4 aromatic carbocycles. The molecule has 0 unspecified atom stereocenters. The fourth-order valence-electron chi connectivity index (χ4n) is 8.68. The molecule has 0 bridgehead atoms. The molecule has 0 spiro atoms. The first-order chi connectivity index (χ1) is 25.5.